The highest BCUT2D eigenvalue weighted by Crippen LogP contribution is 2.37. The van der Waals surface area contributed by atoms with Gasteiger partial charge in [-0.05, 0) is 48.9 Å². The molecule has 0 unspecified atom stereocenters. The van der Waals surface area contributed by atoms with Gasteiger partial charge in [-0.3, -0.25) is 19.3 Å². The van der Waals surface area contributed by atoms with Crippen molar-refractivity contribution in [2.24, 2.45) is 0 Å². The van der Waals surface area contributed by atoms with Crippen LogP contribution in [0.4, 0.5) is 5.69 Å². The summed E-state index contributed by atoms with van der Waals surface area (Å²) in [7, 11) is 0. The Morgan fingerprint density at radius 1 is 1.00 bits per heavy atom. The van der Waals surface area contributed by atoms with E-state index < -0.39 is 6.04 Å². The van der Waals surface area contributed by atoms with Crippen LogP contribution in [0.25, 0.3) is 10.8 Å². The Morgan fingerprint density at radius 3 is 2.40 bits per heavy atom. The minimum atomic E-state index is -0.691. The highest BCUT2D eigenvalue weighted by Gasteiger charge is 2.35. The first-order valence-corrected chi connectivity index (χ1v) is 12.4. The number of nitrogens with one attached hydrogen (secondary N) is 1. The third kappa shape index (κ3) is 4.89. The first kappa shape index (κ1) is 24.7. The van der Waals surface area contributed by atoms with Crippen LogP contribution >= 0.6 is 11.6 Å². The van der Waals surface area contributed by atoms with Gasteiger partial charge in [0.2, 0.25) is 11.8 Å². The van der Waals surface area contributed by atoms with Gasteiger partial charge in [0.05, 0.1) is 5.69 Å². The molecule has 3 aromatic rings. The number of rotatable bonds is 9. The normalized spacial score (nSPS) is 14.2. The van der Waals surface area contributed by atoms with E-state index in [0.717, 1.165) is 22.8 Å². The lowest BCUT2D eigenvalue weighted by atomic mass is 10.1. The first-order chi connectivity index (χ1) is 16.8. The molecular formula is C28H30ClN3O3. The fraction of sp³-hybridized carbons (Fsp3) is 0.321. The molecule has 6 nitrogen and oxygen atoms in total. The first-order valence-electron chi connectivity index (χ1n) is 12.0. The Balaban J connectivity index is 1.66. The van der Waals surface area contributed by atoms with Crippen LogP contribution < -0.4 is 10.2 Å². The lowest BCUT2D eigenvalue weighted by Crippen LogP contribution is -2.53. The Labute approximate surface area is 210 Å². The number of anilines is 1. The molecule has 2 atom stereocenters. The summed E-state index contributed by atoms with van der Waals surface area (Å²) in [6, 6.07) is 17.9. The van der Waals surface area contributed by atoms with Crippen molar-refractivity contribution >= 4 is 45.8 Å². The molecule has 7 heteroatoms. The molecule has 1 N–H and O–H groups in total. The fourth-order valence-corrected chi connectivity index (χ4v) is 4.73. The molecule has 0 aliphatic carbocycles. The molecule has 1 aliphatic heterocycles. The summed E-state index contributed by atoms with van der Waals surface area (Å²) in [4.78, 5) is 43.3. The van der Waals surface area contributed by atoms with Crippen molar-refractivity contribution in [1.82, 2.24) is 10.2 Å². The zero-order valence-corrected chi connectivity index (χ0v) is 21.0. The van der Waals surface area contributed by atoms with Gasteiger partial charge in [0.15, 0.2) is 0 Å². The average molecular weight is 492 g/mol. The van der Waals surface area contributed by atoms with Crippen LogP contribution in [0, 0.1) is 0 Å². The predicted molar refractivity (Wildman–Crippen MR) is 140 cm³/mol. The molecule has 4 rings (SSSR count). The van der Waals surface area contributed by atoms with Crippen molar-refractivity contribution in [2.45, 2.75) is 52.2 Å². The lowest BCUT2D eigenvalue weighted by molar-refractivity contribution is -0.140. The lowest BCUT2D eigenvalue weighted by Gasteiger charge is -2.33. The van der Waals surface area contributed by atoms with E-state index in [2.05, 4.69) is 5.32 Å². The number of carbonyl (C=O) groups excluding carboxylic acids is 3. The van der Waals surface area contributed by atoms with Crippen molar-refractivity contribution < 1.29 is 14.4 Å². The minimum absolute atomic E-state index is 0.0129. The summed E-state index contributed by atoms with van der Waals surface area (Å²) in [6.07, 6.45) is 1.22. The maximum absolute atomic E-state index is 13.8. The monoisotopic (exact) mass is 491 g/mol. The van der Waals surface area contributed by atoms with E-state index in [1.165, 1.54) is 4.90 Å². The van der Waals surface area contributed by atoms with Gasteiger partial charge in [-0.25, -0.2) is 0 Å². The van der Waals surface area contributed by atoms with Gasteiger partial charge < -0.3 is 10.2 Å². The van der Waals surface area contributed by atoms with Gasteiger partial charge >= 0.3 is 0 Å². The molecule has 0 fully saturated rings. The molecular weight excluding hydrogens is 462 g/mol. The molecule has 3 aromatic carbocycles. The predicted octanol–water partition coefficient (Wildman–Crippen LogP) is 5.18. The molecule has 0 radical (unpaired) electrons. The summed E-state index contributed by atoms with van der Waals surface area (Å²) in [5, 5.41) is 5.34. The summed E-state index contributed by atoms with van der Waals surface area (Å²) in [5.41, 5.74) is 2.05. The van der Waals surface area contributed by atoms with E-state index >= 15 is 0 Å². The summed E-state index contributed by atoms with van der Waals surface area (Å²) in [5.74, 6) is -0.727. The molecule has 0 aromatic heterocycles. The Hall–Kier alpha value is -3.38. The molecule has 35 heavy (non-hydrogen) atoms. The number of benzene rings is 3. The third-order valence-electron chi connectivity index (χ3n) is 6.63. The molecule has 0 saturated heterocycles. The number of amides is 3. The van der Waals surface area contributed by atoms with E-state index in [1.54, 1.807) is 17.0 Å². The Bertz CT molecular complexity index is 1270. The second-order valence-electron chi connectivity index (χ2n) is 8.93. The van der Waals surface area contributed by atoms with Crippen LogP contribution in [0.1, 0.15) is 49.5 Å². The van der Waals surface area contributed by atoms with Crippen LogP contribution in [0.15, 0.2) is 60.7 Å². The molecule has 182 valence electrons. The quantitative estimate of drug-likeness (QED) is 0.448. The van der Waals surface area contributed by atoms with E-state index in [4.69, 9.17) is 11.6 Å². The molecule has 3 amide bonds. The molecule has 0 spiro atoms. The summed E-state index contributed by atoms with van der Waals surface area (Å²) >= 11 is 6.41. The average Bonchev–Trinajstić information content (AvgIpc) is 3.12. The van der Waals surface area contributed by atoms with Crippen LogP contribution in [0.5, 0.6) is 0 Å². The smallest absolute Gasteiger partial charge is 0.259 e. The Morgan fingerprint density at radius 2 is 1.71 bits per heavy atom. The standard InChI is InChI=1S/C28H30ClN3O3/c1-4-18(3)30-27(34)23(5-2)31(16-20-10-6-7-14-22(20)29)25(33)17-32-24-15-9-12-19-11-8-13-21(26(19)24)28(32)35/h6-15,18,23H,4-5,16-17H2,1-3H3,(H,30,34)/t18-,23-/m1/s1. The maximum Gasteiger partial charge on any atom is 0.259 e. The second-order valence-corrected chi connectivity index (χ2v) is 9.33. The Kier molecular flexibility index (Phi) is 7.41. The number of hydrogen-bond acceptors (Lipinski definition) is 3. The molecule has 0 bridgehead atoms. The minimum Gasteiger partial charge on any atom is -0.352 e. The van der Waals surface area contributed by atoms with Gasteiger partial charge in [-0.1, -0.05) is 67.9 Å². The van der Waals surface area contributed by atoms with Gasteiger partial charge in [0, 0.05) is 28.6 Å². The zero-order valence-electron chi connectivity index (χ0n) is 20.3. The van der Waals surface area contributed by atoms with Crippen LogP contribution in [0.3, 0.4) is 0 Å². The van der Waals surface area contributed by atoms with E-state index in [-0.39, 0.29) is 36.9 Å². The van der Waals surface area contributed by atoms with Crippen LogP contribution in [-0.2, 0) is 16.1 Å². The number of halogens is 1. The largest absolute Gasteiger partial charge is 0.352 e. The SMILES string of the molecule is CC[C@@H](C)NC(=O)[C@@H](CC)N(Cc1ccccc1Cl)C(=O)CN1C(=O)c2cccc3cccc1c23. The van der Waals surface area contributed by atoms with E-state index in [1.807, 2.05) is 69.3 Å². The van der Waals surface area contributed by atoms with Gasteiger partial charge in [-0.15, -0.1) is 0 Å². The van der Waals surface area contributed by atoms with Gasteiger partial charge in [0.1, 0.15) is 12.6 Å². The summed E-state index contributed by atoms with van der Waals surface area (Å²) < 4.78 is 0. The number of nitrogens with zero attached hydrogens (tertiary/aromatic N) is 2. The molecule has 0 saturated carbocycles. The molecule has 1 aliphatic rings. The van der Waals surface area contributed by atoms with Gasteiger partial charge in [-0.2, -0.15) is 0 Å². The van der Waals surface area contributed by atoms with Gasteiger partial charge in [0.25, 0.3) is 5.91 Å². The summed E-state index contributed by atoms with van der Waals surface area (Å²) in [6.45, 7) is 5.82. The topological polar surface area (TPSA) is 69.7 Å². The van der Waals surface area contributed by atoms with E-state index in [0.29, 0.717) is 22.7 Å². The second kappa shape index (κ2) is 10.5. The maximum atomic E-state index is 13.8. The van der Waals surface area contributed by atoms with Crippen molar-refractivity contribution in [3.63, 3.8) is 0 Å². The fourth-order valence-electron chi connectivity index (χ4n) is 4.53. The van der Waals surface area contributed by atoms with Crippen molar-refractivity contribution in [3.05, 3.63) is 76.8 Å². The van der Waals surface area contributed by atoms with Crippen molar-refractivity contribution in [3.8, 4) is 0 Å². The number of hydrogen-bond donors (Lipinski definition) is 1. The highest BCUT2D eigenvalue weighted by molar-refractivity contribution is 6.31. The van der Waals surface area contributed by atoms with Crippen LogP contribution in [0.2, 0.25) is 5.02 Å². The number of carbonyl (C=O) groups is 3. The van der Waals surface area contributed by atoms with Crippen molar-refractivity contribution in [1.29, 1.82) is 0 Å². The van der Waals surface area contributed by atoms with E-state index in [9.17, 15) is 14.4 Å². The van der Waals surface area contributed by atoms with Crippen molar-refractivity contribution in [2.75, 3.05) is 11.4 Å². The zero-order chi connectivity index (χ0) is 25.1. The van der Waals surface area contributed by atoms with Crippen LogP contribution in [-0.4, -0.2) is 41.2 Å². The molecule has 1 heterocycles. The highest BCUT2D eigenvalue weighted by atomic mass is 35.5. The third-order valence-corrected chi connectivity index (χ3v) is 7.00.